The van der Waals surface area contributed by atoms with Gasteiger partial charge in [0.15, 0.2) is 6.61 Å². The van der Waals surface area contributed by atoms with E-state index in [1.54, 1.807) is 35.2 Å². The SMILES string of the molecule is N#CC(C#N)=Cc1ccc(OCC(=O)N2CCOCC2)c(Br)c1. The summed E-state index contributed by atoms with van der Waals surface area (Å²) in [5.74, 6) is 0.444. The molecule has 0 spiro atoms. The summed E-state index contributed by atoms with van der Waals surface area (Å²) in [5, 5.41) is 17.5. The number of carbonyl (C=O) groups excluding carboxylic acids is 1. The van der Waals surface area contributed by atoms with Gasteiger partial charge in [-0.25, -0.2) is 0 Å². The van der Waals surface area contributed by atoms with Gasteiger partial charge in [-0.05, 0) is 39.7 Å². The highest BCUT2D eigenvalue weighted by atomic mass is 79.9. The summed E-state index contributed by atoms with van der Waals surface area (Å²) in [7, 11) is 0. The van der Waals surface area contributed by atoms with Crippen molar-refractivity contribution in [3.8, 4) is 17.9 Å². The molecule has 6 nitrogen and oxygen atoms in total. The number of nitriles is 2. The topological polar surface area (TPSA) is 86.3 Å². The van der Waals surface area contributed by atoms with Crippen molar-refractivity contribution in [1.82, 2.24) is 4.90 Å². The van der Waals surface area contributed by atoms with Crippen LogP contribution < -0.4 is 4.74 Å². The summed E-state index contributed by atoms with van der Waals surface area (Å²) < 4.78 is 11.4. The third-order valence-corrected chi connectivity index (χ3v) is 3.84. The van der Waals surface area contributed by atoms with E-state index in [2.05, 4.69) is 15.9 Å². The van der Waals surface area contributed by atoms with Gasteiger partial charge < -0.3 is 14.4 Å². The smallest absolute Gasteiger partial charge is 0.260 e. The van der Waals surface area contributed by atoms with Crippen molar-refractivity contribution in [3.05, 3.63) is 33.8 Å². The maximum absolute atomic E-state index is 12.0. The third-order valence-electron chi connectivity index (χ3n) is 3.22. The first-order valence-electron chi connectivity index (χ1n) is 6.94. The van der Waals surface area contributed by atoms with Crippen molar-refractivity contribution in [3.63, 3.8) is 0 Å². The zero-order chi connectivity index (χ0) is 16.7. The molecular weight excluding hydrogens is 362 g/mol. The van der Waals surface area contributed by atoms with Gasteiger partial charge in [0.1, 0.15) is 23.5 Å². The molecule has 0 unspecified atom stereocenters. The third kappa shape index (κ3) is 4.82. The molecule has 0 aliphatic carbocycles. The van der Waals surface area contributed by atoms with E-state index in [9.17, 15) is 4.79 Å². The monoisotopic (exact) mass is 375 g/mol. The molecule has 23 heavy (non-hydrogen) atoms. The number of halogens is 1. The minimum Gasteiger partial charge on any atom is -0.483 e. The minimum absolute atomic E-state index is 0.0214. The number of hydrogen-bond acceptors (Lipinski definition) is 5. The summed E-state index contributed by atoms with van der Waals surface area (Å²) in [6.45, 7) is 2.22. The Hall–Kier alpha value is -2.35. The zero-order valence-electron chi connectivity index (χ0n) is 12.3. The minimum atomic E-state index is -0.0829. The average molecular weight is 376 g/mol. The Morgan fingerprint density at radius 1 is 1.35 bits per heavy atom. The molecule has 2 rings (SSSR count). The standard InChI is InChI=1S/C16H14BrN3O3/c17-14-8-12(7-13(9-18)10-19)1-2-15(14)23-11-16(21)20-3-5-22-6-4-20/h1-2,7-8H,3-6,11H2. The number of rotatable bonds is 4. The molecule has 0 N–H and O–H groups in total. The van der Waals surface area contributed by atoms with Crippen LogP contribution in [-0.4, -0.2) is 43.7 Å². The summed E-state index contributed by atoms with van der Waals surface area (Å²) in [6, 6.07) is 8.74. The molecule has 0 radical (unpaired) electrons. The zero-order valence-corrected chi connectivity index (χ0v) is 13.9. The second kappa shape index (κ2) is 8.33. The molecule has 1 fully saturated rings. The number of hydrogen-bond donors (Lipinski definition) is 0. The predicted octanol–water partition coefficient (Wildman–Crippen LogP) is 2.12. The molecule has 1 heterocycles. The quantitative estimate of drug-likeness (QED) is 0.752. The predicted molar refractivity (Wildman–Crippen MR) is 86.2 cm³/mol. The van der Waals surface area contributed by atoms with Crippen LogP contribution in [0.1, 0.15) is 5.56 Å². The summed E-state index contributed by atoms with van der Waals surface area (Å²) in [4.78, 5) is 13.7. The van der Waals surface area contributed by atoms with Gasteiger partial charge in [-0.15, -0.1) is 0 Å². The van der Waals surface area contributed by atoms with E-state index in [1.165, 1.54) is 6.08 Å². The maximum atomic E-state index is 12.0. The highest BCUT2D eigenvalue weighted by Crippen LogP contribution is 2.27. The largest absolute Gasteiger partial charge is 0.483 e. The molecule has 1 aliphatic rings. The van der Waals surface area contributed by atoms with E-state index < -0.39 is 0 Å². The Labute approximate surface area is 142 Å². The molecule has 0 atom stereocenters. The van der Waals surface area contributed by atoms with Crippen LogP contribution in [0.15, 0.2) is 28.2 Å². The van der Waals surface area contributed by atoms with E-state index in [0.29, 0.717) is 42.1 Å². The average Bonchev–Trinajstić information content (AvgIpc) is 2.59. The molecule has 118 valence electrons. The molecule has 0 aromatic heterocycles. The van der Waals surface area contributed by atoms with Crippen LogP contribution in [0.4, 0.5) is 0 Å². The van der Waals surface area contributed by atoms with Crippen molar-refractivity contribution in [2.24, 2.45) is 0 Å². The maximum Gasteiger partial charge on any atom is 0.260 e. The number of morpholine rings is 1. The van der Waals surface area contributed by atoms with Crippen molar-refractivity contribution in [1.29, 1.82) is 10.5 Å². The fraction of sp³-hybridized carbons (Fsp3) is 0.312. The van der Waals surface area contributed by atoms with E-state index in [0.717, 1.165) is 0 Å². The van der Waals surface area contributed by atoms with Crippen molar-refractivity contribution >= 4 is 27.9 Å². The molecule has 1 aliphatic heterocycles. The molecule has 1 aromatic carbocycles. The Morgan fingerprint density at radius 2 is 2.04 bits per heavy atom. The number of amides is 1. The van der Waals surface area contributed by atoms with E-state index in [1.807, 2.05) is 0 Å². The second-order valence-electron chi connectivity index (χ2n) is 4.75. The molecule has 7 heteroatoms. The van der Waals surface area contributed by atoms with E-state index in [-0.39, 0.29) is 18.1 Å². The molecule has 1 aromatic rings. The van der Waals surface area contributed by atoms with Gasteiger partial charge >= 0.3 is 0 Å². The Bertz CT molecular complexity index is 682. The van der Waals surface area contributed by atoms with Crippen LogP contribution in [0, 0.1) is 22.7 Å². The molecule has 1 saturated heterocycles. The van der Waals surface area contributed by atoms with Crippen molar-refractivity contribution in [2.45, 2.75) is 0 Å². The Morgan fingerprint density at radius 3 is 2.65 bits per heavy atom. The molecule has 0 saturated carbocycles. The lowest BCUT2D eigenvalue weighted by Gasteiger charge is -2.26. The van der Waals surface area contributed by atoms with Gasteiger partial charge in [-0.1, -0.05) is 6.07 Å². The van der Waals surface area contributed by atoms with Crippen LogP contribution in [0.25, 0.3) is 6.08 Å². The normalized spacial score (nSPS) is 13.6. The highest BCUT2D eigenvalue weighted by molar-refractivity contribution is 9.10. The second-order valence-corrected chi connectivity index (χ2v) is 5.61. The lowest BCUT2D eigenvalue weighted by molar-refractivity contribution is -0.137. The van der Waals surface area contributed by atoms with Gasteiger partial charge in [0.2, 0.25) is 0 Å². The van der Waals surface area contributed by atoms with Crippen LogP contribution in [0.2, 0.25) is 0 Å². The molecular formula is C16H14BrN3O3. The lowest BCUT2D eigenvalue weighted by atomic mass is 10.1. The first kappa shape index (κ1) is 17.0. The van der Waals surface area contributed by atoms with Crippen LogP contribution >= 0.6 is 15.9 Å². The molecule has 1 amide bonds. The van der Waals surface area contributed by atoms with Crippen LogP contribution in [-0.2, 0) is 9.53 Å². The Balaban J connectivity index is 1.99. The highest BCUT2D eigenvalue weighted by Gasteiger charge is 2.17. The molecule has 0 bridgehead atoms. The first-order chi connectivity index (χ1) is 11.1. The Kier molecular flexibility index (Phi) is 6.16. The number of ether oxygens (including phenoxy) is 2. The number of carbonyl (C=O) groups is 1. The summed E-state index contributed by atoms with van der Waals surface area (Å²) >= 11 is 3.36. The van der Waals surface area contributed by atoms with Gasteiger partial charge in [-0.3, -0.25) is 4.79 Å². The fourth-order valence-corrected chi connectivity index (χ4v) is 2.53. The summed E-state index contributed by atoms with van der Waals surface area (Å²) in [6.07, 6.45) is 1.48. The van der Waals surface area contributed by atoms with Crippen molar-refractivity contribution < 1.29 is 14.3 Å². The first-order valence-corrected chi connectivity index (χ1v) is 7.73. The van der Waals surface area contributed by atoms with Gasteiger partial charge in [0, 0.05) is 13.1 Å². The number of allylic oxidation sites excluding steroid dienone is 1. The van der Waals surface area contributed by atoms with Gasteiger partial charge in [0.25, 0.3) is 5.91 Å². The van der Waals surface area contributed by atoms with E-state index >= 15 is 0 Å². The lowest BCUT2D eigenvalue weighted by Crippen LogP contribution is -2.43. The van der Waals surface area contributed by atoms with Crippen molar-refractivity contribution in [2.75, 3.05) is 32.9 Å². The number of benzene rings is 1. The van der Waals surface area contributed by atoms with E-state index in [4.69, 9.17) is 20.0 Å². The van der Waals surface area contributed by atoms with Crippen LogP contribution in [0.5, 0.6) is 5.75 Å². The van der Waals surface area contributed by atoms with Gasteiger partial charge in [-0.2, -0.15) is 10.5 Å². The fourth-order valence-electron chi connectivity index (χ4n) is 2.02. The summed E-state index contributed by atoms with van der Waals surface area (Å²) in [5.41, 5.74) is 0.717. The van der Waals surface area contributed by atoms with Gasteiger partial charge in [0.05, 0.1) is 17.7 Å². The van der Waals surface area contributed by atoms with Crippen LogP contribution in [0.3, 0.4) is 0 Å². The number of nitrogens with zero attached hydrogens (tertiary/aromatic N) is 3.